The molecule has 1 aliphatic heterocycles. The maximum atomic E-state index is 13.1. The minimum atomic E-state index is -0.709. The van der Waals surface area contributed by atoms with E-state index < -0.39 is 5.54 Å². The summed E-state index contributed by atoms with van der Waals surface area (Å²) < 4.78 is 0.916. The Morgan fingerprint density at radius 2 is 1.50 bits per heavy atom. The third-order valence-electron chi connectivity index (χ3n) is 4.97. The monoisotopic (exact) mass is 384 g/mol. The fourth-order valence-corrected chi connectivity index (χ4v) is 3.76. The van der Waals surface area contributed by atoms with Gasteiger partial charge in [-0.25, -0.2) is 9.69 Å². The Morgan fingerprint density at radius 3 is 2.04 bits per heavy atom. The number of aryl methyl sites for hydroxylation is 1. The predicted octanol–water partition coefficient (Wildman–Crippen LogP) is 4.65. The highest BCUT2D eigenvalue weighted by Crippen LogP contribution is 2.47. The van der Waals surface area contributed by atoms with Gasteiger partial charge in [0.05, 0.1) is 5.69 Å². The maximum Gasteiger partial charge on any atom is 0.336 e. The fourth-order valence-electron chi connectivity index (χ4n) is 3.49. The number of hydrogen-bond donors (Lipinski definition) is 0. The van der Waals surface area contributed by atoms with Crippen molar-refractivity contribution in [1.29, 1.82) is 0 Å². The zero-order chi connectivity index (χ0) is 16.9. The Kier molecular flexibility index (Phi) is 3.49. The first-order valence-corrected chi connectivity index (χ1v) is 8.83. The van der Waals surface area contributed by atoms with Crippen LogP contribution in [0.15, 0.2) is 53.0 Å². The lowest BCUT2D eigenvalue weighted by Crippen LogP contribution is -2.55. The fraction of sp³-hybridized carbons (Fsp3) is 0.263. The van der Waals surface area contributed by atoms with E-state index in [2.05, 4.69) is 15.9 Å². The Labute approximate surface area is 149 Å². The predicted molar refractivity (Wildman–Crippen MR) is 97.3 cm³/mol. The number of carbonyl (C=O) groups excluding carboxylic acids is 2. The average molecular weight is 385 g/mol. The zero-order valence-electron chi connectivity index (χ0n) is 13.3. The molecule has 2 fully saturated rings. The summed E-state index contributed by atoms with van der Waals surface area (Å²) in [7, 11) is 0. The van der Waals surface area contributed by atoms with Crippen LogP contribution in [0.3, 0.4) is 0 Å². The molecule has 4 rings (SSSR count). The van der Waals surface area contributed by atoms with Gasteiger partial charge in [0.1, 0.15) is 5.54 Å². The average Bonchev–Trinajstić information content (AvgIpc) is 2.77. The Bertz CT molecular complexity index is 810. The number of anilines is 2. The molecule has 2 aliphatic rings. The normalized spacial score (nSPS) is 19.1. The quantitative estimate of drug-likeness (QED) is 0.706. The number of carbonyl (C=O) groups is 2. The van der Waals surface area contributed by atoms with Crippen molar-refractivity contribution in [3.8, 4) is 0 Å². The second kappa shape index (κ2) is 5.45. The molecule has 5 heteroatoms. The van der Waals surface area contributed by atoms with Crippen molar-refractivity contribution < 1.29 is 9.59 Å². The highest BCUT2D eigenvalue weighted by atomic mass is 79.9. The SMILES string of the molecule is Cc1ccc(N2C(=O)N(c3ccc(Br)cc3)C(=O)C23CCC3)cc1. The molecule has 1 saturated heterocycles. The molecule has 1 spiro atoms. The van der Waals surface area contributed by atoms with E-state index in [9.17, 15) is 9.59 Å². The highest BCUT2D eigenvalue weighted by Gasteiger charge is 2.61. The molecule has 2 aromatic rings. The highest BCUT2D eigenvalue weighted by molar-refractivity contribution is 9.10. The first-order valence-electron chi connectivity index (χ1n) is 8.04. The largest absolute Gasteiger partial charge is 0.336 e. The first kappa shape index (κ1) is 15.4. The Morgan fingerprint density at radius 1 is 0.917 bits per heavy atom. The maximum absolute atomic E-state index is 13.1. The molecule has 1 saturated carbocycles. The Hall–Kier alpha value is -2.14. The second-order valence-corrected chi connectivity index (χ2v) is 7.37. The topological polar surface area (TPSA) is 40.6 Å². The van der Waals surface area contributed by atoms with Gasteiger partial charge in [-0.3, -0.25) is 9.69 Å². The molecule has 0 N–H and O–H groups in total. The molecular formula is C19H17BrN2O2. The number of nitrogens with zero attached hydrogens (tertiary/aromatic N) is 2. The molecule has 0 bridgehead atoms. The summed E-state index contributed by atoms with van der Waals surface area (Å²) in [6, 6.07) is 14.8. The van der Waals surface area contributed by atoms with Crippen LogP contribution in [0.25, 0.3) is 0 Å². The molecule has 2 aromatic carbocycles. The van der Waals surface area contributed by atoms with Crippen molar-refractivity contribution in [1.82, 2.24) is 0 Å². The summed E-state index contributed by atoms with van der Waals surface area (Å²) >= 11 is 3.39. The summed E-state index contributed by atoms with van der Waals surface area (Å²) in [4.78, 5) is 29.2. The van der Waals surface area contributed by atoms with Crippen LogP contribution < -0.4 is 9.80 Å². The van der Waals surface area contributed by atoms with Gasteiger partial charge >= 0.3 is 6.03 Å². The number of imide groups is 1. The lowest BCUT2D eigenvalue weighted by Gasteiger charge is -2.42. The van der Waals surface area contributed by atoms with Gasteiger partial charge in [-0.1, -0.05) is 33.6 Å². The molecule has 0 aromatic heterocycles. The summed E-state index contributed by atoms with van der Waals surface area (Å²) in [5.41, 5.74) is 1.83. The van der Waals surface area contributed by atoms with Crippen molar-refractivity contribution in [2.24, 2.45) is 0 Å². The van der Waals surface area contributed by atoms with Crippen LogP contribution in [0.4, 0.5) is 16.2 Å². The standard InChI is InChI=1S/C19H17BrN2O2/c1-13-3-7-16(8-4-13)22-18(24)21(15-9-5-14(20)6-10-15)17(23)19(22)11-2-12-19/h3-10H,2,11-12H2,1H3. The third kappa shape index (κ3) is 2.11. The van der Waals surface area contributed by atoms with Crippen molar-refractivity contribution in [3.05, 3.63) is 58.6 Å². The van der Waals surface area contributed by atoms with Crippen LogP contribution in [0, 0.1) is 6.92 Å². The minimum Gasteiger partial charge on any atom is -0.278 e. The van der Waals surface area contributed by atoms with Crippen LogP contribution in [-0.2, 0) is 4.79 Å². The van der Waals surface area contributed by atoms with Gasteiger partial charge < -0.3 is 0 Å². The molecular weight excluding hydrogens is 368 g/mol. The lowest BCUT2D eigenvalue weighted by atomic mass is 9.75. The van der Waals surface area contributed by atoms with Crippen LogP contribution in [0.2, 0.25) is 0 Å². The molecule has 0 radical (unpaired) electrons. The number of hydrogen-bond acceptors (Lipinski definition) is 2. The minimum absolute atomic E-state index is 0.110. The number of halogens is 1. The molecule has 24 heavy (non-hydrogen) atoms. The summed E-state index contributed by atoms with van der Waals surface area (Å²) in [6.07, 6.45) is 2.41. The van der Waals surface area contributed by atoms with Gasteiger partial charge in [-0.15, -0.1) is 0 Å². The first-order chi connectivity index (χ1) is 11.5. The molecule has 1 aliphatic carbocycles. The smallest absolute Gasteiger partial charge is 0.278 e. The van der Waals surface area contributed by atoms with E-state index in [0.717, 1.165) is 35.0 Å². The van der Waals surface area contributed by atoms with E-state index in [1.54, 1.807) is 17.0 Å². The molecule has 4 nitrogen and oxygen atoms in total. The summed E-state index contributed by atoms with van der Waals surface area (Å²) in [6.45, 7) is 2.01. The molecule has 0 unspecified atom stereocenters. The number of urea groups is 1. The van der Waals surface area contributed by atoms with Gasteiger partial charge in [0.15, 0.2) is 0 Å². The Balaban J connectivity index is 1.79. The van der Waals surface area contributed by atoms with Crippen LogP contribution in [-0.4, -0.2) is 17.5 Å². The van der Waals surface area contributed by atoms with E-state index in [-0.39, 0.29) is 11.9 Å². The van der Waals surface area contributed by atoms with Crippen molar-refractivity contribution in [2.45, 2.75) is 31.7 Å². The summed E-state index contributed by atoms with van der Waals surface area (Å²) in [5, 5.41) is 0. The van der Waals surface area contributed by atoms with E-state index in [1.165, 1.54) is 4.90 Å². The van der Waals surface area contributed by atoms with Crippen LogP contribution in [0.1, 0.15) is 24.8 Å². The second-order valence-electron chi connectivity index (χ2n) is 6.46. The third-order valence-corrected chi connectivity index (χ3v) is 5.50. The van der Waals surface area contributed by atoms with E-state index in [0.29, 0.717) is 5.69 Å². The van der Waals surface area contributed by atoms with E-state index in [1.807, 2.05) is 43.3 Å². The van der Waals surface area contributed by atoms with E-state index in [4.69, 9.17) is 0 Å². The van der Waals surface area contributed by atoms with Gasteiger partial charge in [0.2, 0.25) is 0 Å². The van der Waals surface area contributed by atoms with Gasteiger partial charge in [-0.2, -0.15) is 0 Å². The molecule has 3 amide bonds. The van der Waals surface area contributed by atoms with Crippen LogP contribution >= 0.6 is 15.9 Å². The van der Waals surface area contributed by atoms with Crippen molar-refractivity contribution in [3.63, 3.8) is 0 Å². The van der Waals surface area contributed by atoms with Crippen LogP contribution in [0.5, 0.6) is 0 Å². The molecule has 0 atom stereocenters. The lowest BCUT2D eigenvalue weighted by molar-refractivity contribution is -0.123. The molecule has 1 heterocycles. The van der Waals surface area contributed by atoms with Gasteiger partial charge in [0, 0.05) is 10.2 Å². The van der Waals surface area contributed by atoms with Gasteiger partial charge in [-0.05, 0) is 62.6 Å². The number of rotatable bonds is 2. The van der Waals surface area contributed by atoms with Crippen molar-refractivity contribution in [2.75, 3.05) is 9.80 Å². The van der Waals surface area contributed by atoms with Crippen molar-refractivity contribution >= 4 is 39.2 Å². The number of benzene rings is 2. The summed E-state index contributed by atoms with van der Waals surface area (Å²) in [5.74, 6) is -0.110. The molecule has 122 valence electrons. The van der Waals surface area contributed by atoms with E-state index >= 15 is 0 Å². The zero-order valence-corrected chi connectivity index (χ0v) is 14.9. The number of amides is 3. The van der Waals surface area contributed by atoms with Gasteiger partial charge in [0.25, 0.3) is 5.91 Å².